The maximum Gasteiger partial charge on any atom is 0.243 e. The maximum atomic E-state index is 12.5. The van der Waals surface area contributed by atoms with Crippen LogP contribution in [0, 0.1) is 0 Å². The molecule has 0 saturated carbocycles. The first-order chi connectivity index (χ1) is 8.97. The first kappa shape index (κ1) is 16.1. The van der Waals surface area contributed by atoms with E-state index in [1.165, 1.54) is 4.31 Å². The molecule has 0 aromatic heterocycles. The zero-order chi connectivity index (χ0) is 14.5. The lowest BCUT2D eigenvalue weighted by molar-refractivity contribution is 0.185. The molecule has 0 aliphatic carbocycles. The zero-order valence-electron chi connectivity index (χ0n) is 11.7. The van der Waals surface area contributed by atoms with Crippen LogP contribution in [0.15, 0.2) is 23.1 Å². The van der Waals surface area contributed by atoms with Gasteiger partial charge in [-0.1, -0.05) is 19.1 Å². The smallest absolute Gasteiger partial charge is 0.243 e. The lowest BCUT2D eigenvalue weighted by Crippen LogP contribution is -2.30. The molecular formula is C13H22N2O3S. The Labute approximate surface area is 115 Å². The van der Waals surface area contributed by atoms with Gasteiger partial charge in [0.25, 0.3) is 0 Å². The third-order valence-electron chi connectivity index (χ3n) is 3.05. The van der Waals surface area contributed by atoms with Gasteiger partial charge in [0.15, 0.2) is 0 Å². The molecular weight excluding hydrogens is 264 g/mol. The van der Waals surface area contributed by atoms with Crippen molar-refractivity contribution in [3.05, 3.63) is 29.3 Å². The van der Waals surface area contributed by atoms with Crippen LogP contribution in [0.25, 0.3) is 0 Å². The summed E-state index contributed by atoms with van der Waals surface area (Å²) in [4.78, 5) is 0.344. The van der Waals surface area contributed by atoms with Crippen LogP contribution >= 0.6 is 0 Å². The van der Waals surface area contributed by atoms with Gasteiger partial charge in [-0.15, -0.1) is 0 Å². The highest BCUT2D eigenvalue weighted by Crippen LogP contribution is 2.21. The average molecular weight is 286 g/mol. The van der Waals surface area contributed by atoms with E-state index in [1.54, 1.807) is 20.2 Å². The summed E-state index contributed by atoms with van der Waals surface area (Å²) in [7, 11) is -0.382. The van der Waals surface area contributed by atoms with Gasteiger partial charge >= 0.3 is 0 Å². The normalized spacial score (nSPS) is 12.1. The predicted molar refractivity (Wildman–Crippen MR) is 75.4 cm³/mol. The molecule has 2 N–H and O–H groups in total. The zero-order valence-corrected chi connectivity index (χ0v) is 12.5. The van der Waals surface area contributed by atoms with Crippen LogP contribution in [0.4, 0.5) is 0 Å². The van der Waals surface area contributed by atoms with Crippen molar-refractivity contribution in [1.82, 2.24) is 4.31 Å². The first-order valence-corrected chi connectivity index (χ1v) is 7.68. The second-order valence-electron chi connectivity index (χ2n) is 4.32. The molecule has 1 aromatic rings. The van der Waals surface area contributed by atoms with E-state index in [9.17, 15) is 8.42 Å². The summed E-state index contributed by atoms with van der Waals surface area (Å²) >= 11 is 0. The number of hydrogen-bond donors (Lipinski definition) is 1. The van der Waals surface area contributed by atoms with Crippen LogP contribution in [0.1, 0.15) is 18.1 Å². The quantitative estimate of drug-likeness (QED) is 0.811. The third-order valence-corrected chi connectivity index (χ3v) is 4.99. The number of benzene rings is 1. The minimum Gasteiger partial charge on any atom is -0.383 e. The number of likely N-dealkylation sites (N-methyl/N-ethyl adjacent to an activating group) is 1. The SMILES string of the molecule is CCc1ccc(CN)cc1S(=O)(=O)N(C)CCOC. The van der Waals surface area contributed by atoms with Crippen molar-refractivity contribution in [3.63, 3.8) is 0 Å². The molecule has 19 heavy (non-hydrogen) atoms. The van der Waals surface area contributed by atoms with E-state index in [4.69, 9.17) is 10.5 Å². The third kappa shape index (κ3) is 3.76. The molecule has 0 atom stereocenters. The van der Waals surface area contributed by atoms with Gasteiger partial charge in [0, 0.05) is 27.2 Å². The van der Waals surface area contributed by atoms with Gasteiger partial charge < -0.3 is 10.5 Å². The Morgan fingerprint density at radius 1 is 1.37 bits per heavy atom. The van der Waals surface area contributed by atoms with Crippen molar-refractivity contribution < 1.29 is 13.2 Å². The average Bonchev–Trinajstić information content (AvgIpc) is 2.43. The van der Waals surface area contributed by atoms with Crippen LogP contribution in [-0.4, -0.2) is 40.0 Å². The van der Waals surface area contributed by atoms with Gasteiger partial charge in [0.2, 0.25) is 10.0 Å². The largest absolute Gasteiger partial charge is 0.383 e. The minimum absolute atomic E-state index is 0.328. The molecule has 0 radical (unpaired) electrons. The number of rotatable bonds is 7. The van der Waals surface area contributed by atoms with Gasteiger partial charge in [-0.05, 0) is 23.6 Å². The lowest BCUT2D eigenvalue weighted by Gasteiger charge is -2.19. The molecule has 0 aliphatic heterocycles. The van der Waals surface area contributed by atoms with E-state index < -0.39 is 10.0 Å². The number of methoxy groups -OCH3 is 1. The highest BCUT2D eigenvalue weighted by molar-refractivity contribution is 7.89. The molecule has 0 bridgehead atoms. The second-order valence-corrected chi connectivity index (χ2v) is 6.33. The Kier molecular flexibility index (Phi) is 5.93. The fourth-order valence-electron chi connectivity index (χ4n) is 1.77. The second kappa shape index (κ2) is 7.00. The molecule has 0 aliphatic rings. The van der Waals surface area contributed by atoms with Gasteiger partial charge in [0.05, 0.1) is 11.5 Å². The summed E-state index contributed by atoms with van der Waals surface area (Å²) in [6.07, 6.45) is 0.664. The van der Waals surface area contributed by atoms with Crippen molar-refractivity contribution in [2.24, 2.45) is 5.73 Å². The number of nitrogens with two attached hydrogens (primary N) is 1. The summed E-state index contributed by atoms with van der Waals surface area (Å²) < 4.78 is 31.3. The highest BCUT2D eigenvalue weighted by Gasteiger charge is 2.23. The molecule has 6 heteroatoms. The molecule has 0 unspecified atom stereocenters. The molecule has 1 aromatic carbocycles. The van der Waals surface area contributed by atoms with Crippen molar-refractivity contribution in [3.8, 4) is 0 Å². The summed E-state index contributed by atoms with van der Waals surface area (Å²) in [6.45, 7) is 2.96. The molecule has 0 heterocycles. The molecule has 108 valence electrons. The fourth-order valence-corrected chi connectivity index (χ4v) is 3.26. The van der Waals surface area contributed by atoms with Crippen molar-refractivity contribution in [1.29, 1.82) is 0 Å². The van der Waals surface area contributed by atoms with Crippen molar-refractivity contribution in [2.75, 3.05) is 27.3 Å². The van der Waals surface area contributed by atoms with Crippen LogP contribution in [0.5, 0.6) is 0 Å². The molecule has 0 fully saturated rings. The van der Waals surface area contributed by atoms with Gasteiger partial charge in [0.1, 0.15) is 0 Å². The Morgan fingerprint density at radius 3 is 2.58 bits per heavy atom. The summed E-state index contributed by atoms with van der Waals surface area (Å²) in [5.74, 6) is 0. The first-order valence-electron chi connectivity index (χ1n) is 6.24. The number of ether oxygens (including phenoxy) is 1. The van der Waals surface area contributed by atoms with Crippen LogP contribution in [0.3, 0.4) is 0 Å². The van der Waals surface area contributed by atoms with Crippen molar-refractivity contribution >= 4 is 10.0 Å². The van der Waals surface area contributed by atoms with E-state index in [0.29, 0.717) is 31.0 Å². The minimum atomic E-state index is -3.49. The number of nitrogens with zero attached hydrogens (tertiary/aromatic N) is 1. The Hall–Kier alpha value is -0.950. The summed E-state index contributed by atoms with van der Waals surface area (Å²) in [5.41, 5.74) is 7.20. The molecule has 0 saturated heterocycles. The Bertz CT molecular complexity index is 515. The van der Waals surface area contributed by atoms with E-state index in [0.717, 1.165) is 11.1 Å². The monoisotopic (exact) mass is 286 g/mol. The summed E-state index contributed by atoms with van der Waals surface area (Å²) in [6, 6.07) is 5.36. The van der Waals surface area contributed by atoms with E-state index in [1.807, 2.05) is 19.1 Å². The van der Waals surface area contributed by atoms with Crippen LogP contribution in [0.2, 0.25) is 0 Å². The van der Waals surface area contributed by atoms with E-state index in [-0.39, 0.29) is 0 Å². The number of aryl methyl sites for hydroxylation is 1. The van der Waals surface area contributed by atoms with Crippen LogP contribution in [-0.2, 0) is 27.7 Å². The van der Waals surface area contributed by atoms with Crippen molar-refractivity contribution in [2.45, 2.75) is 24.8 Å². The van der Waals surface area contributed by atoms with Crippen LogP contribution < -0.4 is 5.73 Å². The van der Waals surface area contributed by atoms with E-state index >= 15 is 0 Å². The van der Waals surface area contributed by atoms with Gasteiger partial charge in [-0.3, -0.25) is 0 Å². The Balaban J connectivity index is 3.18. The number of hydrogen-bond acceptors (Lipinski definition) is 4. The molecule has 5 nitrogen and oxygen atoms in total. The Morgan fingerprint density at radius 2 is 2.05 bits per heavy atom. The standard InChI is InChI=1S/C13H22N2O3S/c1-4-12-6-5-11(10-14)9-13(12)19(16,17)15(2)7-8-18-3/h5-6,9H,4,7-8,10,14H2,1-3H3. The fraction of sp³-hybridized carbons (Fsp3) is 0.538. The predicted octanol–water partition coefficient (Wildman–Crippen LogP) is 0.975. The summed E-state index contributed by atoms with van der Waals surface area (Å²) in [5, 5.41) is 0. The van der Waals surface area contributed by atoms with Gasteiger partial charge in [-0.25, -0.2) is 8.42 Å². The molecule has 0 spiro atoms. The highest BCUT2D eigenvalue weighted by atomic mass is 32.2. The lowest BCUT2D eigenvalue weighted by atomic mass is 10.1. The topological polar surface area (TPSA) is 72.6 Å². The van der Waals surface area contributed by atoms with E-state index in [2.05, 4.69) is 0 Å². The molecule has 1 rings (SSSR count). The maximum absolute atomic E-state index is 12.5. The van der Waals surface area contributed by atoms with Gasteiger partial charge in [-0.2, -0.15) is 4.31 Å². The number of sulfonamides is 1. The molecule has 0 amide bonds.